The number of benzene rings is 1. The fourth-order valence-corrected chi connectivity index (χ4v) is 3.91. The summed E-state index contributed by atoms with van der Waals surface area (Å²) in [6, 6.07) is 0.346. The lowest BCUT2D eigenvalue weighted by Gasteiger charge is -2.33. The van der Waals surface area contributed by atoms with Gasteiger partial charge in [0.25, 0.3) is 0 Å². The first kappa shape index (κ1) is 19.5. The van der Waals surface area contributed by atoms with Gasteiger partial charge in [-0.3, -0.25) is 0 Å². The van der Waals surface area contributed by atoms with Crippen LogP contribution in [0.2, 0.25) is 0 Å². The zero-order valence-corrected chi connectivity index (χ0v) is 14.3. The smallest absolute Gasteiger partial charge is 0.186 e. The Labute approximate surface area is 148 Å². The lowest BCUT2D eigenvalue weighted by molar-refractivity contribution is -0.261. The molecule has 2 atom stereocenters. The van der Waals surface area contributed by atoms with Crippen LogP contribution in [0.3, 0.4) is 0 Å². The number of halogens is 6. The zero-order valence-electron chi connectivity index (χ0n) is 14.3. The maximum Gasteiger partial charge on any atom is 0.329 e. The fourth-order valence-electron chi connectivity index (χ4n) is 3.91. The monoisotopic (exact) mass is 380 g/mol. The van der Waals surface area contributed by atoms with Crippen LogP contribution >= 0.6 is 0 Å². The molecule has 0 saturated carbocycles. The second-order valence-corrected chi connectivity index (χ2v) is 7.45. The van der Waals surface area contributed by atoms with E-state index in [0.29, 0.717) is 25.7 Å². The van der Waals surface area contributed by atoms with Crippen molar-refractivity contribution in [3.05, 3.63) is 35.4 Å². The molecule has 0 aliphatic carbocycles. The zero-order chi connectivity index (χ0) is 18.9. The van der Waals surface area contributed by atoms with E-state index >= 15 is 0 Å². The molecule has 2 fully saturated rings. The standard InChI is InChI=1S/C18H22F6N2/c19-17(20)11-15(4-6-25(17)23)9-13-2-1-3-14(8-13)10-16-5-7-26(24)18(21,22)12-16/h1-3,8,15-16H,4-7,9-12H2. The minimum Gasteiger partial charge on any atom is -0.186 e. The Hall–Kier alpha value is -1.28. The Kier molecular flexibility index (Phi) is 5.53. The molecule has 2 aliphatic heterocycles. The fraction of sp³-hybridized carbons (Fsp3) is 0.667. The molecule has 0 spiro atoms. The topological polar surface area (TPSA) is 6.48 Å². The molecule has 2 nitrogen and oxygen atoms in total. The highest BCUT2D eigenvalue weighted by molar-refractivity contribution is 5.24. The molecule has 1 aromatic rings. The maximum atomic E-state index is 13.5. The quantitative estimate of drug-likeness (QED) is 0.405. The van der Waals surface area contributed by atoms with Crippen molar-refractivity contribution in [3.63, 3.8) is 0 Å². The molecule has 2 aliphatic rings. The first-order valence-electron chi connectivity index (χ1n) is 8.86. The number of rotatable bonds is 4. The molecular formula is C18H22F6N2. The lowest BCUT2D eigenvalue weighted by atomic mass is 9.86. The lowest BCUT2D eigenvalue weighted by Crippen LogP contribution is -2.43. The van der Waals surface area contributed by atoms with Crippen molar-refractivity contribution in [2.45, 2.75) is 50.6 Å². The van der Waals surface area contributed by atoms with Crippen LogP contribution in [0.5, 0.6) is 0 Å². The molecule has 0 amide bonds. The van der Waals surface area contributed by atoms with Gasteiger partial charge in [0.2, 0.25) is 0 Å². The summed E-state index contributed by atoms with van der Waals surface area (Å²) in [5, 5.41) is -0.811. The van der Waals surface area contributed by atoms with E-state index in [1.165, 1.54) is 0 Å². The predicted molar refractivity (Wildman–Crippen MR) is 84.8 cm³/mol. The highest BCUT2D eigenvalue weighted by atomic mass is 19.3. The van der Waals surface area contributed by atoms with Gasteiger partial charge < -0.3 is 0 Å². The van der Waals surface area contributed by atoms with E-state index in [4.69, 9.17) is 0 Å². The molecule has 2 heterocycles. The molecule has 26 heavy (non-hydrogen) atoms. The van der Waals surface area contributed by atoms with Gasteiger partial charge in [0.05, 0.1) is 0 Å². The number of hydrogen-bond acceptors (Lipinski definition) is 2. The number of hydrogen-bond donors (Lipinski definition) is 0. The van der Waals surface area contributed by atoms with E-state index in [1.807, 2.05) is 18.2 Å². The second kappa shape index (κ2) is 7.38. The predicted octanol–water partition coefficient (Wildman–Crippen LogP) is 5.15. The van der Waals surface area contributed by atoms with Crippen LogP contribution in [0.4, 0.5) is 26.5 Å². The van der Waals surface area contributed by atoms with Crippen LogP contribution in [-0.4, -0.2) is 35.4 Å². The van der Waals surface area contributed by atoms with E-state index in [-0.39, 0.29) is 24.9 Å². The van der Waals surface area contributed by atoms with Crippen LogP contribution in [0.15, 0.2) is 24.3 Å². The first-order valence-corrected chi connectivity index (χ1v) is 8.86. The van der Waals surface area contributed by atoms with E-state index in [0.717, 1.165) is 11.1 Å². The molecular weight excluding hydrogens is 358 g/mol. The summed E-state index contributed by atoms with van der Waals surface area (Å²) >= 11 is 0. The summed E-state index contributed by atoms with van der Waals surface area (Å²) < 4.78 is 80.1. The number of nitrogens with zero attached hydrogens (tertiary/aromatic N) is 2. The summed E-state index contributed by atoms with van der Waals surface area (Å²) in [5.74, 6) is -0.655. The molecule has 0 bridgehead atoms. The van der Waals surface area contributed by atoms with Gasteiger partial charge in [-0.15, -0.1) is 8.96 Å². The van der Waals surface area contributed by atoms with Crippen LogP contribution in [0.25, 0.3) is 0 Å². The number of alkyl halides is 4. The van der Waals surface area contributed by atoms with E-state index in [1.54, 1.807) is 6.07 Å². The van der Waals surface area contributed by atoms with Crippen molar-refractivity contribution < 1.29 is 26.5 Å². The van der Waals surface area contributed by atoms with E-state index < -0.39 is 35.2 Å². The summed E-state index contributed by atoms with van der Waals surface area (Å²) in [6.45, 7) is -0.595. The Balaban J connectivity index is 1.60. The van der Waals surface area contributed by atoms with Gasteiger partial charge in [0, 0.05) is 25.9 Å². The molecule has 8 heteroatoms. The van der Waals surface area contributed by atoms with Gasteiger partial charge in [-0.1, -0.05) is 34.5 Å². The van der Waals surface area contributed by atoms with Crippen LogP contribution in [0, 0.1) is 11.8 Å². The summed E-state index contributed by atoms with van der Waals surface area (Å²) in [4.78, 5) is 0. The first-order chi connectivity index (χ1) is 12.2. The highest BCUT2D eigenvalue weighted by Gasteiger charge is 2.45. The Bertz CT molecular complexity index is 574. The Morgan fingerprint density at radius 3 is 1.62 bits per heavy atom. The third kappa shape index (κ3) is 4.52. The molecule has 0 N–H and O–H groups in total. The SMILES string of the molecule is FN1CCC(Cc2cccc(CC3CCN(F)C(F)(F)C3)c2)CC1(F)F. The van der Waals surface area contributed by atoms with Gasteiger partial charge >= 0.3 is 12.1 Å². The minimum absolute atomic E-state index is 0.297. The molecule has 2 unspecified atom stereocenters. The van der Waals surface area contributed by atoms with Crippen LogP contribution in [0.1, 0.15) is 36.8 Å². The van der Waals surface area contributed by atoms with Crippen LogP contribution in [-0.2, 0) is 12.8 Å². The average molecular weight is 380 g/mol. The molecule has 146 valence electrons. The maximum absolute atomic E-state index is 13.5. The van der Waals surface area contributed by atoms with Gasteiger partial charge in [-0.2, -0.15) is 17.6 Å². The van der Waals surface area contributed by atoms with Crippen molar-refractivity contribution >= 4 is 0 Å². The summed E-state index contributed by atoms with van der Waals surface area (Å²) in [5.41, 5.74) is 1.68. The van der Waals surface area contributed by atoms with Gasteiger partial charge in [0.1, 0.15) is 0 Å². The molecule has 3 rings (SSSR count). The minimum atomic E-state index is -3.44. The molecule has 0 radical (unpaired) electrons. The van der Waals surface area contributed by atoms with Gasteiger partial charge in [-0.05, 0) is 48.6 Å². The largest absolute Gasteiger partial charge is 0.329 e. The Morgan fingerprint density at radius 2 is 1.23 bits per heavy atom. The molecule has 2 saturated heterocycles. The molecule has 1 aromatic carbocycles. The third-order valence-corrected chi connectivity index (χ3v) is 5.29. The highest BCUT2D eigenvalue weighted by Crippen LogP contribution is 2.38. The van der Waals surface area contributed by atoms with Crippen molar-refractivity contribution in [1.82, 2.24) is 10.2 Å². The van der Waals surface area contributed by atoms with Gasteiger partial charge in [-0.25, -0.2) is 0 Å². The normalized spacial score (nSPS) is 29.6. The third-order valence-electron chi connectivity index (χ3n) is 5.29. The second-order valence-electron chi connectivity index (χ2n) is 7.45. The Morgan fingerprint density at radius 1 is 0.808 bits per heavy atom. The summed E-state index contributed by atoms with van der Waals surface area (Å²) in [7, 11) is 0. The average Bonchev–Trinajstić information content (AvgIpc) is 2.54. The van der Waals surface area contributed by atoms with E-state index in [9.17, 15) is 26.5 Å². The van der Waals surface area contributed by atoms with E-state index in [2.05, 4.69) is 0 Å². The van der Waals surface area contributed by atoms with Gasteiger partial charge in [0.15, 0.2) is 0 Å². The van der Waals surface area contributed by atoms with Crippen molar-refractivity contribution in [3.8, 4) is 0 Å². The molecule has 0 aromatic heterocycles. The van der Waals surface area contributed by atoms with Crippen LogP contribution < -0.4 is 0 Å². The number of piperidine rings is 2. The summed E-state index contributed by atoms with van der Waals surface area (Å²) in [6.07, 6.45) is 0.422. The van der Waals surface area contributed by atoms with Crippen molar-refractivity contribution in [2.75, 3.05) is 13.1 Å². The van der Waals surface area contributed by atoms with Crippen molar-refractivity contribution in [1.29, 1.82) is 0 Å². The van der Waals surface area contributed by atoms with Crippen molar-refractivity contribution in [2.24, 2.45) is 11.8 Å².